The number of aromatic nitrogens is 2. The third kappa shape index (κ3) is 2.05. The van der Waals surface area contributed by atoms with Gasteiger partial charge in [-0.25, -0.2) is 0 Å². The number of nitrogens with one attached hydrogen (secondary N) is 2. The zero-order valence-corrected chi connectivity index (χ0v) is 15.2. The number of hydrogen-bond acceptors (Lipinski definition) is 7. The number of nitro groups is 1. The number of benzene rings is 2. The maximum atomic E-state index is 13.4. The molecule has 10 heteroatoms. The van der Waals surface area contributed by atoms with Gasteiger partial charge >= 0.3 is 0 Å². The van der Waals surface area contributed by atoms with Gasteiger partial charge in [-0.1, -0.05) is 30.3 Å². The molecular weight excluding hydrogens is 388 g/mol. The van der Waals surface area contributed by atoms with Crippen LogP contribution in [0, 0.1) is 21.4 Å². The van der Waals surface area contributed by atoms with Gasteiger partial charge in [-0.3, -0.25) is 20.0 Å². The van der Waals surface area contributed by atoms with Crippen LogP contribution in [0.3, 0.4) is 0 Å². The van der Waals surface area contributed by atoms with Gasteiger partial charge in [0.1, 0.15) is 17.1 Å². The molecule has 5 rings (SSSR count). The van der Waals surface area contributed by atoms with Crippen LogP contribution in [0.1, 0.15) is 11.1 Å². The zero-order valence-electron chi connectivity index (χ0n) is 15.2. The minimum atomic E-state index is -1.60. The summed E-state index contributed by atoms with van der Waals surface area (Å²) < 4.78 is 5.54. The average Bonchev–Trinajstić information content (AvgIpc) is 3.28. The van der Waals surface area contributed by atoms with Gasteiger partial charge in [-0.05, 0) is 6.07 Å². The number of nitriles is 1. The number of amides is 1. The minimum Gasteiger partial charge on any atom is -0.420 e. The Kier molecular flexibility index (Phi) is 3.44. The summed E-state index contributed by atoms with van der Waals surface area (Å²) in [5.74, 6) is -0.686. The molecule has 1 aromatic heterocycles. The molecular formula is C20H12N6O4. The summed E-state index contributed by atoms with van der Waals surface area (Å²) in [5.41, 5.74) is 6.25. The highest BCUT2D eigenvalue weighted by Gasteiger charge is 2.58. The van der Waals surface area contributed by atoms with E-state index < -0.39 is 16.2 Å². The van der Waals surface area contributed by atoms with Gasteiger partial charge < -0.3 is 15.8 Å². The molecule has 30 heavy (non-hydrogen) atoms. The summed E-state index contributed by atoms with van der Waals surface area (Å²) >= 11 is 0. The number of para-hydroxylation sites is 1. The van der Waals surface area contributed by atoms with Crippen molar-refractivity contribution in [2.45, 2.75) is 5.41 Å². The number of hydrogen-bond donors (Lipinski definition) is 3. The van der Waals surface area contributed by atoms with Gasteiger partial charge in [0.05, 0.1) is 16.2 Å². The number of anilines is 1. The number of nitrogens with two attached hydrogens (primary N) is 1. The number of carbonyl (C=O) groups excluding carboxylic acids is 1. The van der Waals surface area contributed by atoms with Crippen molar-refractivity contribution in [3.8, 4) is 23.2 Å². The standard InChI is InChI=1S/C20H12N6O4/c21-9-13-17(22)30-18-15(20(13)12-6-1-2-7-14(12)23-19(20)27)16(24-25-18)10-4-3-5-11(8-10)26(28)29/h1-8H,22H2,(H,23,27)(H,24,25)/t20-/m0/s1. The minimum absolute atomic E-state index is 0.0276. The third-order valence-corrected chi connectivity index (χ3v) is 5.31. The maximum Gasteiger partial charge on any atom is 0.270 e. The Morgan fingerprint density at radius 2 is 2.03 bits per heavy atom. The van der Waals surface area contributed by atoms with Crippen molar-refractivity contribution in [3.05, 3.63) is 81.2 Å². The van der Waals surface area contributed by atoms with Crippen LogP contribution >= 0.6 is 0 Å². The normalized spacial score (nSPS) is 19.0. The Labute approximate surface area is 168 Å². The van der Waals surface area contributed by atoms with E-state index in [1.807, 2.05) is 6.07 Å². The predicted octanol–water partition coefficient (Wildman–Crippen LogP) is 2.31. The molecule has 1 amide bonds. The van der Waals surface area contributed by atoms with Crippen LogP contribution < -0.4 is 15.8 Å². The lowest BCUT2D eigenvalue weighted by atomic mass is 9.68. The molecule has 3 heterocycles. The second kappa shape index (κ2) is 5.92. The first-order valence-electron chi connectivity index (χ1n) is 8.81. The van der Waals surface area contributed by atoms with Crippen LogP contribution in [0.4, 0.5) is 11.4 Å². The fourth-order valence-electron chi connectivity index (χ4n) is 4.09. The van der Waals surface area contributed by atoms with Gasteiger partial charge in [-0.2, -0.15) is 5.26 Å². The van der Waals surface area contributed by atoms with E-state index in [1.165, 1.54) is 18.2 Å². The number of nitro benzene ring substituents is 1. The van der Waals surface area contributed by atoms with Crippen molar-refractivity contribution in [2.75, 3.05) is 5.32 Å². The highest BCUT2D eigenvalue weighted by atomic mass is 16.6. The van der Waals surface area contributed by atoms with Crippen molar-refractivity contribution in [3.63, 3.8) is 0 Å². The molecule has 0 saturated carbocycles. The Bertz CT molecular complexity index is 1340. The van der Waals surface area contributed by atoms with E-state index in [4.69, 9.17) is 10.5 Å². The van der Waals surface area contributed by atoms with E-state index in [9.17, 15) is 20.2 Å². The molecule has 2 aliphatic heterocycles. The zero-order chi connectivity index (χ0) is 21.0. The second-order valence-corrected chi connectivity index (χ2v) is 6.79. The molecule has 2 aliphatic rings. The number of fused-ring (bicyclic) bond motifs is 4. The maximum absolute atomic E-state index is 13.4. The summed E-state index contributed by atoms with van der Waals surface area (Å²) in [7, 11) is 0. The molecule has 0 saturated heterocycles. The van der Waals surface area contributed by atoms with E-state index in [0.717, 1.165) is 0 Å². The van der Waals surface area contributed by atoms with Crippen LogP contribution in [0.15, 0.2) is 60.0 Å². The number of H-pyrrole nitrogens is 1. The molecule has 0 aliphatic carbocycles. The first-order chi connectivity index (χ1) is 14.5. The van der Waals surface area contributed by atoms with Crippen molar-refractivity contribution in [1.82, 2.24) is 10.2 Å². The van der Waals surface area contributed by atoms with Crippen LogP contribution in [-0.4, -0.2) is 21.0 Å². The highest BCUT2D eigenvalue weighted by Crippen LogP contribution is 2.55. The quantitative estimate of drug-likeness (QED) is 0.439. The summed E-state index contributed by atoms with van der Waals surface area (Å²) in [5, 5.41) is 30.9. The molecule has 146 valence electrons. The average molecular weight is 400 g/mol. The molecule has 1 atom stereocenters. The second-order valence-electron chi connectivity index (χ2n) is 6.79. The fourth-order valence-corrected chi connectivity index (χ4v) is 4.09. The van der Waals surface area contributed by atoms with Crippen molar-refractivity contribution >= 4 is 17.3 Å². The number of non-ortho nitro benzene ring substituents is 1. The molecule has 10 nitrogen and oxygen atoms in total. The van der Waals surface area contributed by atoms with E-state index in [2.05, 4.69) is 15.5 Å². The monoisotopic (exact) mass is 400 g/mol. The van der Waals surface area contributed by atoms with Crippen molar-refractivity contribution < 1.29 is 14.5 Å². The highest BCUT2D eigenvalue weighted by molar-refractivity contribution is 6.13. The van der Waals surface area contributed by atoms with Crippen molar-refractivity contribution in [1.29, 1.82) is 5.26 Å². The lowest BCUT2D eigenvalue weighted by Crippen LogP contribution is -2.42. The van der Waals surface area contributed by atoms with Crippen LogP contribution in [-0.2, 0) is 10.2 Å². The number of nitrogens with zero attached hydrogens (tertiary/aromatic N) is 3. The fraction of sp³-hybridized carbons (Fsp3) is 0.0500. The summed E-state index contributed by atoms with van der Waals surface area (Å²) in [4.78, 5) is 24.1. The van der Waals surface area contributed by atoms with Crippen LogP contribution in [0.25, 0.3) is 11.3 Å². The first-order valence-corrected chi connectivity index (χ1v) is 8.81. The van der Waals surface area contributed by atoms with Crippen molar-refractivity contribution in [2.24, 2.45) is 5.73 Å². The van der Waals surface area contributed by atoms with Gasteiger partial charge in [0.15, 0.2) is 0 Å². The topological polar surface area (TPSA) is 160 Å². The van der Waals surface area contributed by atoms with Gasteiger partial charge in [0.25, 0.3) is 5.69 Å². The van der Waals surface area contributed by atoms with Gasteiger partial charge in [-0.15, -0.1) is 5.10 Å². The molecule has 1 spiro atoms. The summed E-state index contributed by atoms with van der Waals surface area (Å²) in [6.45, 7) is 0. The molecule has 4 N–H and O–H groups in total. The van der Waals surface area contributed by atoms with Gasteiger partial charge in [0, 0.05) is 28.9 Å². The Hall–Kier alpha value is -4.65. The first kappa shape index (κ1) is 17.4. The summed E-state index contributed by atoms with van der Waals surface area (Å²) in [6.07, 6.45) is 0. The van der Waals surface area contributed by atoms with Crippen LogP contribution in [0.5, 0.6) is 5.88 Å². The molecule has 0 bridgehead atoms. The largest absolute Gasteiger partial charge is 0.420 e. The van der Waals surface area contributed by atoms with Crippen LogP contribution in [0.2, 0.25) is 0 Å². The number of carbonyl (C=O) groups is 1. The summed E-state index contributed by atoms with van der Waals surface area (Å²) in [6, 6.07) is 14.8. The molecule has 0 radical (unpaired) electrons. The molecule has 3 aromatic rings. The number of aromatic amines is 1. The smallest absolute Gasteiger partial charge is 0.270 e. The third-order valence-electron chi connectivity index (χ3n) is 5.31. The molecule has 0 fully saturated rings. The van der Waals surface area contributed by atoms with E-state index >= 15 is 0 Å². The van der Waals surface area contributed by atoms with E-state index in [0.29, 0.717) is 22.5 Å². The van der Waals surface area contributed by atoms with E-state index in [-0.39, 0.29) is 28.6 Å². The number of rotatable bonds is 2. The molecule has 2 aromatic carbocycles. The lowest BCUT2D eigenvalue weighted by Gasteiger charge is -2.31. The van der Waals surface area contributed by atoms with E-state index in [1.54, 1.807) is 30.3 Å². The Balaban J connectivity index is 1.87. The predicted molar refractivity (Wildman–Crippen MR) is 104 cm³/mol. The van der Waals surface area contributed by atoms with Gasteiger partial charge in [0.2, 0.25) is 17.7 Å². The number of ether oxygens (including phenoxy) is 1. The lowest BCUT2D eigenvalue weighted by molar-refractivity contribution is -0.384. The SMILES string of the molecule is N#CC1=C(N)Oc2n[nH]c(-c3cccc([N+](=O)[O-])c3)c2[C@@]12C(=O)Nc1ccccc12. The Morgan fingerprint density at radius 1 is 1.23 bits per heavy atom. The Morgan fingerprint density at radius 3 is 2.80 bits per heavy atom. The molecule has 0 unspecified atom stereocenters.